The van der Waals surface area contributed by atoms with E-state index in [2.05, 4.69) is 12.8 Å². The molecular weight excluding hydrogens is 284 g/mol. The van der Waals surface area contributed by atoms with E-state index in [0.717, 1.165) is 18.4 Å². The van der Waals surface area contributed by atoms with Gasteiger partial charge in [-0.25, -0.2) is 0 Å². The van der Waals surface area contributed by atoms with Crippen molar-refractivity contribution in [1.29, 1.82) is 0 Å². The van der Waals surface area contributed by atoms with Crippen molar-refractivity contribution in [2.24, 2.45) is 28.6 Å². The number of Topliss-reactive ketones (excluding diaryl/α,β-unsaturated/α-hetero) is 1. The summed E-state index contributed by atoms with van der Waals surface area (Å²) in [4.78, 5) is 24.9. The highest BCUT2D eigenvalue weighted by Crippen LogP contribution is 2.65. The first-order chi connectivity index (χ1) is 11.0. The van der Waals surface area contributed by atoms with Gasteiger partial charge in [0.25, 0.3) is 0 Å². The summed E-state index contributed by atoms with van der Waals surface area (Å²) in [6.07, 6.45) is 16.2. The summed E-state index contributed by atoms with van der Waals surface area (Å²) in [6.45, 7) is 2.40. The molecule has 0 heterocycles. The fourth-order valence-electron chi connectivity index (χ4n) is 6.59. The van der Waals surface area contributed by atoms with E-state index in [1.165, 1.54) is 25.7 Å². The van der Waals surface area contributed by atoms with Crippen LogP contribution >= 0.6 is 0 Å². The van der Waals surface area contributed by atoms with Gasteiger partial charge in [0.2, 0.25) is 0 Å². The molecule has 0 spiro atoms. The average Bonchev–Trinajstić information content (AvgIpc) is 2.90. The maximum atomic E-state index is 13.0. The summed E-state index contributed by atoms with van der Waals surface area (Å²) < 4.78 is 0. The maximum Gasteiger partial charge on any atom is 0.155 e. The summed E-state index contributed by atoms with van der Waals surface area (Å²) >= 11 is 0. The molecule has 0 saturated heterocycles. The zero-order valence-corrected chi connectivity index (χ0v) is 14.1. The molecule has 5 atom stereocenters. The van der Waals surface area contributed by atoms with Gasteiger partial charge in [0.1, 0.15) is 5.78 Å². The largest absolute Gasteiger partial charge is 0.299 e. The lowest BCUT2D eigenvalue weighted by molar-refractivity contribution is -0.139. The molecule has 0 aromatic carbocycles. The third-order valence-electron chi connectivity index (χ3n) is 7.71. The molecular formula is C21H26O2. The Kier molecular flexibility index (Phi) is 3.34. The lowest BCUT2D eigenvalue weighted by Crippen LogP contribution is -2.54. The van der Waals surface area contributed by atoms with Crippen molar-refractivity contribution in [3.8, 4) is 12.3 Å². The highest BCUT2D eigenvalue weighted by Gasteiger charge is 2.60. The number of fused-ring (bicyclic) bond motifs is 5. The molecule has 0 unspecified atom stereocenters. The van der Waals surface area contributed by atoms with E-state index >= 15 is 0 Å². The molecule has 0 radical (unpaired) electrons. The predicted molar refractivity (Wildman–Crippen MR) is 89.5 cm³/mol. The minimum Gasteiger partial charge on any atom is -0.299 e. The highest BCUT2D eigenvalue weighted by atomic mass is 16.1. The first kappa shape index (κ1) is 15.2. The van der Waals surface area contributed by atoms with Crippen LogP contribution in [0.3, 0.4) is 0 Å². The van der Waals surface area contributed by atoms with E-state index in [4.69, 9.17) is 6.42 Å². The Morgan fingerprint density at radius 2 is 2.04 bits per heavy atom. The quantitative estimate of drug-likeness (QED) is 0.684. The monoisotopic (exact) mass is 310 g/mol. The van der Waals surface area contributed by atoms with Crippen LogP contribution in [-0.2, 0) is 9.59 Å². The second-order valence-electron chi connectivity index (χ2n) is 8.64. The fourth-order valence-corrected chi connectivity index (χ4v) is 6.59. The van der Waals surface area contributed by atoms with Crippen molar-refractivity contribution < 1.29 is 9.59 Å². The molecule has 0 aromatic heterocycles. The third-order valence-corrected chi connectivity index (χ3v) is 7.71. The molecule has 0 amide bonds. The van der Waals surface area contributed by atoms with Crippen LogP contribution < -0.4 is 0 Å². The Bertz CT molecular complexity index is 637. The number of terminal acetylenes is 1. The molecule has 4 rings (SSSR count). The van der Waals surface area contributed by atoms with Crippen molar-refractivity contribution in [1.82, 2.24) is 0 Å². The molecule has 0 aromatic rings. The van der Waals surface area contributed by atoms with Crippen LogP contribution in [0.4, 0.5) is 0 Å². The minimum absolute atomic E-state index is 0.0643. The topological polar surface area (TPSA) is 34.1 Å². The first-order valence-corrected chi connectivity index (χ1v) is 9.20. The Hall–Kier alpha value is -1.36. The van der Waals surface area contributed by atoms with E-state index in [-0.39, 0.29) is 17.1 Å². The molecule has 0 bridgehead atoms. The van der Waals surface area contributed by atoms with Crippen LogP contribution in [0, 0.1) is 40.9 Å². The van der Waals surface area contributed by atoms with Crippen LogP contribution in [0.25, 0.3) is 0 Å². The van der Waals surface area contributed by atoms with Crippen molar-refractivity contribution >= 4 is 11.6 Å². The number of hydrogen-bond donors (Lipinski definition) is 0. The summed E-state index contributed by atoms with van der Waals surface area (Å²) in [5.41, 5.74) is 1.37. The predicted octanol–water partition coefficient (Wildman–Crippen LogP) is 4.09. The molecule has 122 valence electrons. The van der Waals surface area contributed by atoms with Gasteiger partial charge in [-0.15, -0.1) is 12.3 Å². The first-order valence-electron chi connectivity index (χ1n) is 9.20. The number of carbonyl (C=O) groups excluding carboxylic acids is 2. The number of carbonyl (C=O) groups is 2. The molecule has 4 aliphatic carbocycles. The summed E-state index contributed by atoms with van der Waals surface area (Å²) in [6, 6.07) is 0. The van der Waals surface area contributed by atoms with Crippen molar-refractivity contribution in [2.45, 2.75) is 64.7 Å². The maximum absolute atomic E-state index is 13.0. The highest BCUT2D eigenvalue weighted by molar-refractivity contribution is 5.95. The standard InChI is InChI=1S/C21H26O2/c1-3-8-21-11-6-15(22)12-14(21)13-18(23)19-16-5-4-9-20(16,2)10-7-17(19)21/h1,12,16-17,19H,4-11,13H2,2H3/t16-,17-,19-,20-,21-/m0/s1. The van der Waals surface area contributed by atoms with Crippen LogP contribution in [0.5, 0.6) is 0 Å². The Labute approximate surface area is 139 Å². The Morgan fingerprint density at radius 3 is 2.83 bits per heavy atom. The normalized spacial score (nSPS) is 45.6. The van der Waals surface area contributed by atoms with E-state index in [1.54, 1.807) is 6.08 Å². The number of rotatable bonds is 1. The number of hydrogen-bond acceptors (Lipinski definition) is 2. The second kappa shape index (κ2) is 5.07. The van der Waals surface area contributed by atoms with Crippen molar-refractivity contribution in [3.63, 3.8) is 0 Å². The van der Waals surface area contributed by atoms with E-state index in [9.17, 15) is 9.59 Å². The van der Waals surface area contributed by atoms with Crippen LogP contribution in [0.2, 0.25) is 0 Å². The molecule has 0 N–H and O–H groups in total. The number of ketones is 2. The summed E-state index contributed by atoms with van der Waals surface area (Å²) in [5, 5.41) is 0. The van der Waals surface area contributed by atoms with Crippen LogP contribution in [0.15, 0.2) is 11.6 Å². The lowest BCUT2D eigenvalue weighted by atomic mass is 9.46. The minimum atomic E-state index is -0.0643. The van der Waals surface area contributed by atoms with Crippen LogP contribution in [0.1, 0.15) is 64.7 Å². The van der Waals surface area contributed by atoms with E-state index < -0.39 is 0 Å². The van der Waals surface area contributed by atoms with Gasteiger partial charge in [0.05, 0.1) is 0 Å². The smallest absolute Gasteiger partial charge is 0.155 e. The zero-order valence-electron chi connectivity index (χ0n) is 14.1. The molecule has 23 heavy (non-hydrogen) atoms. The van der Waals surface area contributed by atoms with E-state index in [0.29, 0.717) is 42.3 Å². The van der Waals surface area contributed by atoms with Gasteiger partial charge in [0, 0.05) is 30.6 Å². The van der Waals surface area contributed by atoms with Crippen molar-refractivity contribution in [3.05, 3.63) is 11.6 Å². The van der Waals surface area contributed by atoms with Gasteiger partial charge in [-0.3, -0.25) is 9.59 Å². The van der Waals surface area contributed by atoms with Gasteiger partial charge in [-0.1, -0.05) is 18.9 Å². The van der Waals surface area contributed by atoms with Crippen LogP contribution in [-0.4, -0.2) is 11.6 Å². The zero-order chi connectivity index (χ0) is 16.2. The average molecular weight is 310 g/mol. The second-order valence-corrected chi connectivity index (χ2v) is 8.64. The van der Waals surface area contributed by atoms with Gasteiger partial charge >= 0.3 is 0 Å². The fraction of sp³-hybridized carbons (Fsp3) is 0.714. The number of allylic oxidation sites excluding steroid dienone is 1. The molecule has 2 heteroatoms. The van der Waals surface area contributed by atoms with E-state index in [1.807, 2.05) is 0 Å². The Morgan fingerprint density at radius 1 is 1.22 bits per heavy atom. The molecule has 3 fully saturated rings. The lowest BCUT2D eigenvalue weighted by Gasteiger charge is -2.57. The third kappa shape index (κ3) is 2.02. The van der Waals surface area contributed by atoms with Gasteiger partial charge in [0.15, 0.2) is 5.78 Å². The van der Waals surface area contributed by atoms with Crippen molar-refractivity contribution in [2.75, 3.05) is 0 Å². The van der Waals surface area contributed by atoms with Gasteiger partial charge in [-0.05, 0) is 55.4 Å². The molecule has 0 aliphatic heterocycles. The molecule has 3 saturated carbocycles. The SMILES string of the molecule is C#CC[C@]12CCC(=O)C=C1CC(=O)[C@H]1[C@@H]3CCC[C@@]3(C)CC[C@@H]12. The van der Waals surface area contributed by atoms with Gasteiger partial charge < -0.3 is 0 Å². The van der Waals surface area contributed by atoms with Gasteiger partial charge in [-0.2, -0.15) is 0 Å². The summed E-state index contributed by atoms with van der Waals surface area (Å²) in [7, 11) is 0. The molecule has 4 aliphatic rings. The molecule has 2 nitrogen and oxygen atoms in total. The summed E-state index contributed by atoms with van der Waals surface area (Å²) in [5.74, 6) is 4.57. The Balaban J connectivity index is 1.79.